The highest BCUT2D eigenvalue weighted by Crippen LogP contribution is 2.19. The Bertz CT molecular complexity index is 383. The summed E-state index contributed by atoms with van der Waals surface area (Å²) in [5.74, 6) is 0.196. The van der Waals surface area contributed by atoms with E-state index in [0.717, 1.165) is 22.9 Å². The van der Waals surface area contributed by atoms with E-state index in [2.05, 4.69) is 22.9 Å². The van der Waals surface area contributed by atoms with Gasteiger partial charge in [0.2, 0.25) is 0 Å². The number of benzene rings is 1. The van der Waals surface area contributed by atoms with E-state index in [1.807, 2.05) is 12.1 Å². The van der Waals surface area contributed by atoms with E-state index in [1.165, 1.54) is 32.1 Å². The topological polar surface area (TPSA) is 43.1 Å². The molecule has 1 aromatic rings. The van der Waals surface area contributed by atoms with Crippen LogP contribution in [0.1, 0.15) is 68.6 Å². The van der Waals surface area contributed by atoms with Gasteiger partial charge in [0, 0.05) is 22.1 Å². The Labute approximate surface area is 124 Å². The summed E-state index contributed by atoms with van der Waals surface area (Å²) in [6.45, 7) is 2.22. The van der Waals surface area contributed by atoms with E-state index < -0.39 is 0 Å². The molecule has 1 rings (SSSR count). The zero-order valence-electron chi connectivity index (χ0n) is 11.8. The second-order valence-electron chi connectivity index (χ2n) is 5.07. The molecule has 2 N–H and O–H groups in total. The van der Waals surface area contributed by atoms with Gasteiger partial charge >= 0.3 is 0 Å². The zero-order valence-corrected chi connectivity index (χ0v) is 13.3. The molecule has 0 saturated heterocycles. The first-order valence-electron chi connectivity index (χ1n) is 7.22. The zero-order chi connectivity index (χ0) is 14.1. The predicted octanol–water partition coefficient (Wildman–Crippen LogP) is 5.35. The Morgan fingerprint density at radius 2 is 1.68 bits per heavy atom. The molecule has 19 heavy (non-hydrogen) atoms. The number of nitrogens with two attached hydrogens (primary N) is 1. The highest BCUT2D eigenvalue weighted by molar-refractivity contribution is 9.10. The van der Waals surface area contributed by atoms with Crippen molar-refractivity contribution in [3.8, 4) is 0 Å². The highest BCUT2D eigenvalue weighted by Gasteiger charge is 2.07. The number of nitrogen functional groups attached to an aromatic ring is 1. The van der Waals surface area contributed by atoms with Crippen molar-refractivity contribution >= 4 is 27.4 Å². The number of unbranched alkanes of at least 4 members (excludes halogenated alkanes) is 6. The molecular formula is C16H24BrNO. The third kappa shape index (κ3) is 6.76. The lowest BCUT2D eigenvalue weighted by atomic mass is 10.0. The van der Waals surface area contributed by atoms with Crippen LogP contribution >= 0.6 is 15.9 Å². The third-order valence-electron chi connectivity index (χ3n) is 3.25. The van der Waals surface area contributed by atoms with Crippen molar-refractivity contribution in [3.63, 3.8) is 0 Å². The Morgan fingerprint density at radius 3 is 2.32 bits per heavy atom. The van der Waals surface area contributed by atoms with E-state index in [9.17, 15) is 4.79 Å². The van der Waals surface area contributed by atoms with Crippen LogP contribution in [0.5, 0.6) is 0 Å². The predicted molar refractivity (Wildman–Crippen MR) is 85.5 cm³/mol. The van der Waals surface area contributed by atoms with Gasteiger partial charge in [0.1, 0.15) is 0 Å². The van der Waals surface area contributed by atoms with Gasteiger partial charge in [0.15, 0.2) is 5.78 Å². The van der Waals surface area contributed by atoms with Crippen molar-refractivity contribution in [2.75, 3.05) is 5.73 Å². The number of hydrogen-bond acceptors (Lipinski definition) is 2. The number of Topliss-reactive ketones (excluding diaryl/α,β-unsaturated/α-hetero) is 1. The van der Waals surface area contributed by atoms with Crippen LogP contribution in [0.4, 0.5) is 5.69 Å². The van der Waals surface area contributed by atoms with Crippen LogP contribution in [0, 0.1) is 0 Å². The second kappa shape index (κ2) is 9.13. The van der Waals surface area contributed by atoms with Gasteiger partial charge in [0.05, 0.1) is 0 Å². The number of anilines is 1. The molecule has 0 heterocycles. The lowest BCUT2D eigenvalue weighted by Crippen LogP contribution is -2.00. The maximum absolute atomic E-state index is 12.0. The van der Waals surface area contributed by atoms with Crippen molar-refractivity contribution in [1.82, 2.24) is 0 Å². The molecular weight excluding hydrogens is 302 g/mol. The standard InChI is InChI=1S/C16H24BrNO/c1-2-3-4-5-6-7-8-9-16(19)13-10-14(17)12-15(18)11-13/h10-12H,2-9,18H2,1H3. The molecule has 1 aromatic carbocycles. The molecule has 0 aromatic heterocycles. The smallest absolute Gasteiger partial charge is 0.162 e. The first-order valence-corrected chi connectivity index (χ1v) is 8.02. The van der Waals surface area contributed by atoms with Gasteiger partial charge in [-0.3, -0.25) is 4.79 Å². The molecule has 106 valence electrons. The number of carbonyl (C=O) groups is 1. The number of hydrogen-bond donors (Lipinski definition) is 1. The van der Waals surface area contributed by atoms with Gasteiger partial charge in [-0.15, -0.1) is 0 Å². The lowest BCUT2D eigenvalue weighted by Gasteiger charge is -2.04. The minimum atomic E-state index is 0.196. The minimum Gasteiger partial charge on any atom is -0.399 e. The van der Waals surface area contributed by atoms with Crippen LogP contribution in [-0.2, 0) is 0 Å². The Balaban J connectivity index is 2.24. The van der Waals surface area contributed by atoms with Crippen LogP contribution in [0.2, 0.25) is 0 Å². The normalized spacial score (nSPS) is 10.6. The third-order valence-corrected chi connectivity index (χ3v) is 3.71. The van der Waals surface area contributed by atoms with E-state index in [1.54, 1.807) is 6.07 Å². The summed E-state index contributed by atoms with van der Waals surface area (Å²) in [6.07, 6.45) is 9.24. The molecule has 0 aliphatic heterocycles. The Morgan fingerprint density at radius 1 is 1.05 bits per heavy atom. The van der Waals surface area contributed by atoms with Crippen LogP contribution in [0.3, 0.4) is 0 Å². The maximum Gasteiger partial charge on any atom is 0.162 e. The van der Waals surface area contributed by atoms with Gasteiger partial charge in [-0.2, -0.15) is 0 Å². The molecule has 0 unspecified atom stereocenters. The molecule has 0 fully saturated rings. The van der Waals surface area contributed by atoms with Gasteiger partial charge in [0.25, 0.3) is 0 Å². The van der Waals surface area contributed by atoms with E-state index in [-0.39, 0.29) is 5.78 Å². The summed E-state index contributed by atoms with van der Waals surface area (Å²) in [7, 11) is 0. The molecule has 0 spiro atoms. The Hall–Kier alpha value is -0.830. The highest BCUT2D eigenvalue weighted by atomic mass is 79.9. The summed E-state index contributed by atoms with van der Waals surface area (Å²) in [6, 6.07) is 5.42. The van der Waals surface area contributed by atoms with Crippen LogP contribution in [-0.4, -0.2) is 5.78 Å². The first kappa shape index (κ1) is 16.2. The average molecular weight is 326 g/mol. The molecule has 2 nitrogen and oxygen atoms in total. The van der Waals surface area contributed by atoms with Gasteiger partial charge in [-0.1, -0.05) is 61.4 Å². The molecule has 0 aliphatic rings. The molecule has 0 saturated carbocycles. The van der Waals surface area contributed by atoms with Crippen molar-refractivity contribution in [2.45, 2.75) is 58.3 Å². The largest absolute Gasteiger partial charge is 0.399 e. The van der Waals surface area contributed by atoms with Crippen LogP contribution in [0.25, 0.3) is 0 Å². The average Bonchev–Trinajstić information content (AvgIpc) is 2.36. The van der Waals surface area contributed by atoms with E-state index in [4.69, 9.17) is 5.73 Å². The fourth-order valence-electron chi connectivity index (χ4n) is 2.16. The summed E-state index contributed by atoms with van der Waals surface area (Å²) in [5.41, 5.74) is 7.09. The van der Waals surface area contributed by atoms with Gasteiger partial charge < -0.3 is 5.73 Å². The van der Waals surface area contributed by atoms with Crippen molar-refractivity contribution in [1.29, 1.82) is 0 Å². The van der Waals surface area contributed by atoms with Crippen molar-refractivity contribution in [3.05, 3.63) is 28.2 Å². The number of ketones is 1. The minimum absolute atomic E-state index is 0.196. The van der Waals surface area contributed by atoms with Gasteiger partial charge in [-0.25, -0.2) is 0 Å². The number of rotatable bonds is 9. The maximum atomic E-state index is 12.0. The summed E-state index contributed by atoms with van der Waals surface area (Å²) >= 11 is 3.37. The monoisotopic (exact) mass is 325 g/mol. The fraction of sp³-hybridized carbons (Fsp3) is 0.562. The van der Waals surface area contributed by atoms with Crippen LogP contribution < -0.4 is 5.73 Å². The van der Waals surface area contributed by atoms with Crippen molar-refractivity contribution < 1.29 is 4.79 Å². The number of halogens is 1. The lowest BCUT2D eigenvalue weighted by molar-refractivity contribution is 0.0979. The SMILES string of the molecule is CCCCCCCCCC(=O)c1cc(N)cc(Br)c1. The summed E-state index contributed by atoms with van der Waals surface area (Å²) in [5, 5.41) is 0. The molecule has 3 heteroatoms. The summed E-state index contributed by atoms with van der Waals surface area (Å²) in [4.78, 5) is 12.0. The van der Waals surface area contributed by atoms with E-state index >= 15 is 0 Å². The second-order valence-corrected chi connectivity index (χ2v) is 5.98. The van der Waals surface area contributed by atoms with Crippen LogP contribution in [0.15, 0.2) is 22.7 Å². The molecule has 0 radical (unpaired) electrons. The number of carbonyl (C=O) groups excluding carboxylic acids is 1. The Kier molecular flexibility index (Phi) is 7.80. The molecule has 0 atom stereocenters. The molecule has 0 amide bonds. The molecule has 0 aliphatic carbocycles. The first-order chi connectivity index (χ1) is 9.13. The van der Waals surface area contributed by atoms with E-state index in [0.29, 0.717) is 12.1 Å². The van der Waals surface area contributed by atoms with Crippen molar-refractivity contribution in [2.24, 2.45) is 0 Å². The molecule has 0 bridgehead atoms. The fourth-order valence-corrected chi connectivity index (χ4v) is 2.67. The quantitative estimate of drug-likeness (QED) is 0.377. The summed E-state index contributed by atoms with van der Waals surface area (Å²) < 4.78 is 0.871. The van der Waals surface area contributed by atoms with Gasteiger partial charge in [-0.05, 0) is 24.6 Å².